The molecule has 0 aromatic heterocycles. The molecule has 0 atom stereocenters. The summed E-state index contributed by atoms with van der Waals surface area (Å²) < 4.78 is 0. The molecule has 0 heterocycles. The molecule has 0 aliphatic heterocycles. The second kappa shape index (κ2) is 20.3. The third-order valence-electron chi connectivity index (χ3n) is 0. The number of hydrogen-bond acceptors (Lipinski definition) is 2. The Balaban J connectivity index is -0.0000000200. The second-order valence-corrected chi connectivity index (χ2v) is 0.0962. The molecule has 0 aromatic carbocycles. The molecule has 0 aliphatic rings. The Labute approximate surface area is 62.6 Å². The summed E-state index contributed by atoms with van der Waals surface area (Å²) in [5, 5.41) is 8.25. The van der Waals surface area contributed by atoms with Gasteiger partial charge in [-0.05, 0) is 0 Å². The summed E-state index contributed by atoms with van der Waals surface area (Å²) in [6.45, 7) is -0.500. The molecule has 0 saturated carbocycles. The van der Waals surface area contributed by atoms with E-state index in [1.807, 2.05) is 0 Å². The van der Waals surface area contributed by atoms with Gasteiger partial charge in [-0.3, -0.25) is 0 Å². The van der Waals surface area contributed by atoms with E-state index in [4.69, 9.17) is 9.90 Å². The average Bonchev–Trinajstić information content (AvgIpc) is 0.918. The monoisotopic (exact) mass is 148 g/mol. The largest absolute Gasteiger partial charge is 1.00 e. The van der Waals surface area contributed by atoms with Crippen molar-refractivity contribution in [3.63, 3.8) is 0 Å². The van der Waals surface area contributed by atoms with Gasteiger partial charge < -0.3 is 9.90 Å². The smallest absolute Gasteiger partial charge is 0.554 e. The quantitative estimate of drug-likeness (QED) is 0.259. The van der Waals surface area contributed by atoms with E-state index in [0.29, 0.717) is 0 Å². The maximum Gasteiger partial charge on any atom is 1.00 e. The number of carbonyl (C=O) groups excluding carboxylic acids is 1. The van der Waals surface area contributed by atoms with Crippen LogP contribution in [0.5, 0.6) is 0 Å². The standard InChI is InChI=1S/CH2O2.BrH.Na/c2-1-3;;/h1H,(H,2,3);1H;/q;;+1/p-1. The van der Waals surface area contributed by atoms with Gasteiger partial charge in [0.2, 0.25) is 0 Å². The van der Waals surface area contributed by atoms with Gasteiger partial charge in [-0.25, -0.2) is 0 Å². The summed E-state index contributed by atoms with van der Waals surface area (Å²) in [6, 6.07) is 0. The van der Waals surface area contributed by atoms with Crippen molar-refractivity contribution in [2.24, 2.45) is 0 Å². The summed E-state index contributed by atoms with van der Waals surface area (Å²) in [5.41, 5.74) is 0. The predicted octanol–water partition coefficient (Wildman–Crippen LogP) is -4.05. The molecule has 0 amide bonds. The molecule has 0 radical (unpaired) electrons. The van der Waals surface area contributed by atoms with E-state index >= 15 is 0 Å². The molecule has 0 spiro atoms. The van der Waals surface area contributed by atoms with Crippen LogP contribution in [-0.2, 0) is 4.79 Å². The van der Waals surface area contributed by atoms with Gasteiger partial charge in [-0.1, -0.05) is 0 Å². The molecule has 2 nitrogen and oxygen atoms in total. The zero-order chi connectivity index (χ0) is 2.71. The van der Waals surface area contributed by atoms with E-state index in [1.54, 1.807) is 0 Å². The van der Waals surface area contributed by atoms with Crippen molar-refractivity contribution in [2.45, 2.75) is 0 Å². The van der Waals surface area contributed by atoms with E-state index in [1.165, 1.54) is 0 Å². The molecule has 0 rings (SSSR count). The van der Waals surface area contributed by atoms with Gasteiger partial charge in [0.1, 0.15) is 0 Å². The molecule has 0 aliphatic carbocycles. The van der Waals surface area contributed by atoms with Crippen LogP contribution >= 0.6 is 17.0 Å². The Bertz CT molecular complexity index is 17.1. The molecular weight excluding hydrogens is 147 g/mol. The minimum absolute atomic E-state index is 0. The summed E-state index contributed by atoms with van der Waals surface area (Å²) in [7, 11) is 0. The van der Waals surface area contributed by atoms with E-state index in [2.05, 4.69) is 0 Å². The van der Waals surface area contributed by atoms with Crippen molar-refractivity contribution in [2.75, 3.05) is 0 Å². The van der Waals surface area contributed by atoms with Crippen molar-refractivity contribution in [1.82, 2.24) is 0 Å². The minimum Gasteiger partial charge on any atom is -0.554 e. The first-order valence-electron chi connectivity index (χ1n) is 0.471. The van der Waals surface area contributed by atoms with Crippen LogP contribution < -0.4 is 34.7 Å². The van der Waals surface area contributed by atoms with Crippen molar-refractivity contribution in [3.8, 4) is 0 Å². The van der Waals surface area contributed by atoms with Gasteiger partial charge in [-0.2, -0.15) is 0 Å². The first-order valence-corrected chi connectivity index (χ1v) is 0.471. The summed E-state index contributed by atoms with van der Waals surface area (Å²) in [5.74, 6) is 0. The van der Waals surface area contributed by atoms with Crippen LogP contribution in [0.15, 0.2) is 0 Å². The van der Waals surface area contributed by atoms with Crippen LogP contribution in [0.3, 0.4) is 0 Å². The Morgan fingerprint density at radius 2 is 1.60 bits per heavy atom. The van der Waals surface area contributed by atoms with Gasteiger partial charge in [0.25, 0.3) is 0 Å². The third-order valence-corrected chi connectivity index (χ3v) is 0. The van der Waals surface area contributed by atoms with Crippen LogP contribution in [0.25, 0.3) is 0 Å². The average molecular weight is 149 g/mol. The van der Waals surface area contributed by atoms with Crippen LogP contribution in [-0.4, -0.2) is 6.47 Å². The Kier molecular flexibility index (Phi) is 68.1. The minimum atomic E-state index is -0.500. The fraction of sp³-hybridized carbons (Fsp3) is 0. The molecule has 0 fully saturated rings. The number of rotatable bonds is 0. The van der Waals surface area contributed by atoms with Crippen molar-refractivity contribution in [3.05, 3.63) is 0 Å². The second-order valence-electron chi connectivity index (χ2n) is 0.0962. The molecule has 0 unspecified atom stereocenters. The zero-order valence-corrected chi connectivity index (χ0v) is 6.52. The fourth-order valence-electron chi connectivity index (χ4n) is 0. The molecule has 26 valence electrons. The first-order chi connectivity index (χ1) is 1.41. The van der Waals surface area contributed by atoms with Gasteiger partial charge in [0.05, 0.1) is 0 Å². The predicted molar refractivity (Wildman–Crippen MR) is 16.4 cm³/mol. The molecule has 0 bridgehead atoms. The van der Waals surface area contributed by atoms with Gasteiger partial charge in [-0.15, -0.1) is 17.0 Å². The number of carbonyl (C=O) groups is 1. The Morgan fingerprint density at radius 3 is 1.60 bits per heavy atom. The van der Waals surface area contributed by atoms with E-state index in [-0.39, 0.29) is 46.5 Å². The van der Waals surface area contributed by atoms with E-state index in [9.17, 15) is 0 Å². The topological polar surface area (TPSA) is 40.1 Å². The van der Waals surface area contributed by atoms with Gasteiger partial charge >= 0.3 is 29.6 Å². The fourth-order valence-corrected chi connectivity index (χ4v) is 0. The van der Waals surface area contributed by atoms with Crippen molar-refractivity contribution in [1.29, 1.82) is 0 Å². The van der Waals surface area contributed by atoms with Crippen LogP contribution in [0.4, 0.5) is 0 Å². The molecule has 0 saturated heterocycles. The zero-order valence-electron chi connectivity index (χ0n) is 2.80. The van der Waals surface area contributed by atoms with E-state index < -0.39 is 6.47 Å². The first kappa shape index (κ1) is 16.8. The van der Waals surface area contributed by atoms with Crippen molar-refractivity contribution < 1.29 is 39.5 Å². The summed E-state index contributed by atoms with van der Waals surface area (Å²) in [6.07, 6.45) is 0. The Morgan fingerprint density at radius 1 is 1.60 bits per heavy atom. The molecule has 4 heteroatoms. The number of hydrogen-bond donors (Lipinski definition) is 0. The Hall–Kier alpha value is 0.950. The molecule has 0 aromatic rings. The molecule has 0 N–H and O–H groups in total. The SMILES string of the molecule is Br.O=C[O-].[Na+]. The van der Waals surface area contributed by atoms with Crippen LogP contribution in [0, 0.1) is 0 Å². The molecular formula is CH2BrNaO2. The number of carboxylic acid groups (broad SMARTS) is 1. The third kappa shape index (κ3) is 47.7. The maximum absolute atomic E-state index is 8.25. The number of halogens is 1. The molecule has 5 heavy (non-hydrogen) atoms. The van der Waals surface area contributed by atoms with Gasteiger partial charge in [0, 0.05) is 6.47 Å². The summed E-state index contributed by atoms with van der Waals surface area (Å²) >= 11 is 0. The van der Waals surface area contributed by atoms with E-state index in [0.717, 1.165) is 0 Å². The van der Waals surface area contributed by atoms with Gasteiger partial charge in [0.15, 0.2) is 0 Å². The normalized spacial score (nSPS) is 2.40. The van der Waals surface area contributed by atoms with Crippen LogP contribution in [0.2, 0.25) is 0 Å². The van der Waals surface area contributed by atoms with Crippen LogP contribution in [0.1, 0.15) is 0 Å². The van der Waals surface area contributed by atoms with Crippen molar-refractivity contribution >= 4 is 23.5 Å². The summed E-state index contributed by atoms with van der Waals surface area (Å²) in [4.78, 5) is 8.25. The maximum atomic E-state index is 8.25.